The number of aromatic amines is 1. The molecule has 1 fully saturated rings. The summed E-state index contributed by atoms with van der Waals surface area (Å²) in [5.74, 6) is 0.178. The SMILES string of the molecule is O=C(c1ccco1)N1CCN(c2c(Cl)cn[nH]c2=O)CC1. The molecule has 3 rings (SSSR count). The molecule has 1 saturated heterocycles. The summed E-state index contributed by atoms with van der Waals surface area (Å²) < 4.78 is 5.11. The van der Waals surface area contributed by atoms with E-state index in [2.05, 4.69) is 10.2 Å². The largest absolute Gasteiger partial charge is 0.459 e. The first kappa shape index (κ1) is 13.7. The van der Waals surface area contributed by atoms with E-state index in [1.165, 1.54) is 12.5 Å². The van der Waals surface area contributed by atoms with Crippen molar-refractivity contribution in [1.82, 2.24) is 15.1 Å². The summed E-state index contributed by atoms with van der Waals surface area (Å²) in [5, 5.41) is 6.32. The number of rotatable bonds is 2. The molecule has 0 atom stereocenters. The van der Waals surface area contributed by atoms with Crippen molar-refractivity contribution in [2.24, 2.45) is 0 Å². The van der Waals surface area contributed by atoms with Gasteiger partial charge in [0.15, 0.2) is 5.76 Å². The van der Waals surface area contributed by atoms with Crippen molar-refractivity contribution in [3.05, 3.63) is 45.7 Å². The van der Waals surface area contributed by atoms with Gasteiger partial charge in [-0.3, -0.25) is 9.59 Å². The summed E-state index contributed by atoms with van der Waals surface area (Å²) >= 11 is 6.02. The van der Waals surface area contributed by atoms with Crippen LogP contribution in [0.1, 0.15) is 10.6 Å². The van der Waals surface area contributed by atoms with Crippen molar-refractivity contribution in [2.45, 2.75) is 0 Å². The van der Waals surface area contributed by atoms with Gasteiger partial charge in [0, 0.05) is 26.2 Å². The van der Waals surface area contributed by atoms with E-state index in [9.17, 15) is 9.59 Å². The molecule has 7 nitrogen and oxygen atoms in total. The predicted molar refractivity (Wildman–Crippen MR) is 76.7 cm³/mol. The van der Waals surface area contributed by atoms with Crippen molar-refractivity contribution in [2.75, 3.05) is 31.1 Å². The van der Waals surface area contributed by atoms with Crippen LogP contribution < -0.4 is 10.5 Å². The number of carbonyl (C=O) groups is 1. The molecule has 0 spiro atoms. The Morgan fingerprint density at radius 2 is 2.10 bits per heavy atom. The molecule has 1 amide bonds. The highest BCUT2D eigenvalue weighted by atomic mass is 35.5. The van der Waals surface area contributed by atoms with Crippen LogP contribution in [0.4, 0.5) is 5.69 Å². The Kier molecular flexibility index (Phi) is 3.66. The molecule has 2 aromatic heterocycles. The first-order valence-corrected chi connectivity index (χ1v) is 6.85. The predicted octanol–water partition coefficient (Wildman–Crippen LogP) is 0.979. The quantitative estimate of drug-likeness (QED) is 0.894. The Bertz CT molecular complexity index is 690. The molecule has 110 valence electrons. The van der Waals surface area contributed by atoms with E-state index in [4.69, 9.17) is 16.0 Å². The molecule has 0 bridgehead atoms. The van der Waals surface area contributed by atoms with Crippen molar-refractivity contribution in [3.63, 3.8) is 0 Å². The molecule has 0 aliphatic carbocycles. The molecule has 0 unspecified atom stereocenters. The van der Waals surface area contributed by atoms with Crippen LogP contribution in [0.15, 0.2) is 33.8 Å². The van der Waals surface area contributed by atoms with Crippen LogP contribution in [0.2, 0.25) is 5.02 Å². The van der Waals surface area contributed by atoms with E-state index in [1.54, 1.807) is 17.0 Å². The molecule has 0 aromatic carbocycles. The third-order valence-corrected chi connectivity index (χ3v) is 3.68. The maximum Gasteiger partial charge on any atom is 0.289 e. The summed E-state index contributed by atoms with van der Waals surface area (Å²) in [4.78, 5) is 27.5. The van der Waals surface area contributed by atoms with Gasteiger partial charge in [-0.05, 0) is 12.1 Å². The Hall–Kier alpha value is -2.28. The zero-order valence-corrected chi connectivity index (χ0v) is 11.8. The minimum Gasteiger partial charge on any atom is -0.459 e. The third-order valence-electron chi connectivity index (χ3n) is 3.40. The molecule has 1 aliphatic heterocycles. The number of carbonyl (C=O) groups excluding carboxylic acids is 1. The monoisotopic (exact) mass is 308 g/mol. The molecule has 21 heavy (non-hydrogen) atoms. The zero-order valence-electron chi connectivity index (χ0n) is 11.1. The second kappa shape index (κ2) is 5.61. The van der Waals surface area contributed by atoms with Crippen LogP contribution >= 0.6 is 11.6 Å². The van der Waals surface area contributed by atoms with Crippen molar-refractivity contribution in [3.8, 4) is 0 Å². The second-order valence-corrected chi connectivity index (χ2v) is 5.06. The van der Waals surface area contributed by atoms with Gasteiger partial charge in [-0.2, -0.15) is 5.10 Å². The van der Waals surface area contributed by atoms with Crippen molar-refractivity contribution >= 4 is 23.2 Å². The highest BCUT2D eigenvalue weighted by Crippen LogP contribution is 2.21. The fraction of sp³-hybridized carbons (Fsp3) is 0.308. The first-order valence-electron chi connectivity index (χ1n) is 6.48. The number of anilines is 1. The zero-order chi connectivity index (χ0) is 14.8. The maximum absolute atomic E-state index is 12.1. The lowest BCUT2D eigenvalue weighted by atomic mass is 10.2. The molecule has 8 heteroatoms. The molecule has 1 N–H and O–H groups in total. The Balaban J connectivity index is 1.71. The summed E-state index contributed by atoms with van der Waals surface area (Å²) in [6.45, 7) is 2.05. The summed E-state index contributed by atoms with van der Waals surface area (Å²) in [5.41, 5.74) is 0.0741. The van der Waals surface area contributed by atoms with Gasteiger partial charge < -0.3 is 14.2 Å². The summed E-state index contributed by atoms with van der Waals surface area (Å²) in [6, 6.07) is 3.32. The van der Waals surface area contributed by atoms with Crippen molar-refractivity contribution < 1.29 is 9.21 Å². The van der Waals surface area contributed by atoms with Crippen LogP contribution in [0.25, 0.3) is 0 Å². The molecule has 2 aromatic rings. The average molecular weight is 309 g/mol. The number of hydrogen-bond acceptors (Lipinski definition) is 5. The van der Waals surface area contributed by atoms with Crippen LogP contribution in [-0.4, -0.2) is 47.2 Å². The lowest BCUT2D eigenvalue weighted by Crippen LogP contribution is -2.50. The van der Waals surface area contributed by atoms with Gasteiger partial charge in [-0.15, -0.1) is 0 Å². The van der Waals surface area contributed by atoms with Crippen LogP contribution in [-0.2, 0) is 0 Å². The number of furan rings is 1. The number of amides is 1. The maximum atomic E-state index is 12.1. The highest BCUT2D eigenvalue weighted by molar-refractivity contribution is 6.33. The first-order chi connectivity index (χ1) is 10.2. The Labute approximate surface area is 125 Å². The van der Waals surface area contributed by atoms with E-state index >= 15 is 0 Å². The van der Waals surface area contributed by atoms with Gasteiger partial charge >= 0.3 is 0 Å². The van der Waals surface area contributed by atoms with Gasteiger partial charge in [0.25, 0.3) is 11.5 Å². The molecule has 0 saturated carbocycles. The minimum atomic E-state index is -0.326. The molecule has 1 aliphatic rings. The fourth-order valence-corrected chi connectivity index (χ4v) is 2.61. The van der Waals surface area contributed by atoms with E-state index in [-0.39, 0.29) is 11.5 Å². The topological polar surface area (TPSA) is 82.4 Å². The average Bonchev–Trinajstić information content (AvgIpc) is 3.01. The summed E-state index contributed by atoms with van der Waals surface area (Å²) in [7, 11) is 0. The number of halogens is 1. The number of piperazine rings is 1. The third kappa shape index (κ3) is 2.64. The molecule has 0 radical (unpaired) electrons. The van der Waals surface area contributed by atoms with Gasteiger partial charge in [-0.1, -0.05) is 11.6 Å². The smallest absolute Gasteiger partial charge is 0.289 e. The number of hydrogen-bond donors (Lipinski definition) is 1. The minimum absolute atomic E-state index is 0.144. The van der Waals surface area contributed by atoms with Gasteiger partial charge in [0.1, 0.15) is 5.69 Å². The van der Waals surface area contributed by atoms with Gasteiger partial charge in [0.2, 0.25) is 0 Å². The molecular formula is C13H13ClN4O3. The summed E-state index contributed by atoms with van der Waals surface area (Å²) in [6.07, 6.45) is 2.87. The second-order valence-electron chi connectivity index (χ2n) is 4.65. The van der Waals surface area contributed by atoms with E-state index < -0.39 is 0 Å². The number of H-pyrrole nitrogens is 1. The standard InChI is InChI=1S/C13H13ClN4O3/c14-9-8-15-16-12(19)11(9)17-3-5-18(6-4-17)13(20)10-2-1-7-21-10/h1-2,7-8H,3-6H2,(H,16,19). The number of nitrogens with zero attached hydrogens (tertiary/aromatic N) is 3. The number of nitrogens with one attached hydrogen (secondary N) is 1. The Morgan fingerprint density at radius 3 is 2.71 bits per heavy atom. The lowest BCUT2D eigenvalue weighted by molar-refractivity contribution is 0.0714. The Morgan fingerprint density at radius 1 is 1.33 bits per heavy atom. The molecular weight excluding hydrogens is 296 g/mol. The van der Waals surface area contributed by atoms with Crippen molar-refractivity contribution in [1.29, 1.82) is 0 Å². The van der Waals surface area contributed by atoms with Crippen LogP contribution in [0.3, 0.4) is 0 Å². The van der Waals surface area contributed by atoms with Gasteiger partial charge in [0.05, 0.1) is 17.5 Å². The van der Waals surface area contributed by atoms with Crippen LogP contribution in [0.5, 0.6) is 0 Å². The normalized spacial score (nSPS) is 15.3. The lowest BCUT2D eigenvalue weighted by Gasteiger charge is -2.35. The van der Waals surface area contributed by atoms with E-state index in [0.29, 0.717) is 42.6 Å². The van der Waals surface area contributed by atoms with E-state index in [1.807, 2.05) is 4.90 Å². The van der Waals surface area contributed by atoms with Gasteiger partial charge in [-0.25, -0.2) is 5.10 Å². The van der Waals surface area contributed by atoms with E-state index in [0.717, 1.165) is 0 Å². The number of aromatic nitrogens is 2. The molecule has 3 heterocycles. The fourth-order valence-electron chi connectivity index (χ4n) is 2.35. The highest BCUT2D eigenvalue weighted by Gasteiger charge is 2.25. The van der Waals surface area contributed by atoms with Crippen LogP contribution in [0, 0.1) is 0 Å².